The van der Waals surface area contributed by atoms with Gasteiger partial charge in [-0.3, -0.25) is 4.90 Å². The Morgan fingerprint density at radius 3 is 2.45 bits per heavy atom. The highest BCUT2D eigenvalue weighted by atomic mass is 127. The summed E-state index contributed by atoms with van der Waals surface area (Å²) in [6.45, 7) is 13.8. The minimum absolute atomic E-state index is 0. The van der Waals surface area contributed by atoms with Crippen LogP contribution in [0.25, 0.3) is 0 Å². The summed E-state index contributed by atoms with van der Waals surface area (Å²) in [4.78, 5) is 7.47. The number of aryl methyl sites for hydroxylation is 1. The lowest BCUT2D eigenvalue weighted by atomic mass is 10.0. The van der Waals surface area contributed by atoms with E-state index in [9.17, 15) is 8.42 Å². The van der Waals surface area contributed by atoms with Crippen LogP contribution in [0.1, 0.15) is 31.9 Å². The normalized spacial score (nSPS) is 16.2. The summed E-state index contributed by atoms with van der Waals surface area (Å²) in [5, 5.41) is 6.72. The molecular formula is C20H35IN4O3S. The number of hydrogen-bond acceptors (Lipinski definition) is 5. The highest BCUT2D eigenvalue weighted by molar-refractivity contribution is 14.0. The molecule has 1 aromatic rings. The highest BCUT2D eigenvalue weighted by Crippen LogP contribution is 2.17. The number of benzene rings is 1. The summed E-state index contributed by atoms with van der Waals surface area (Å²) in [6, 6.07) is 5.38. The van der Waals surface area contributed by atoms with Crippen LogP contribution in [0.4, 0.5) is 0 Å². The fraction of sp³-hybridized carbons (Fsp3) is 0.650. The lowest BCUT2D eigenvalue weighted by molar-refractivity contribution is -0.00834. The average Bonchev–Trinajstić information content (AvgIpc) is 2.64. The minimum atomic E-state index is -3.20. The molecular weight excluding hydrogens is 503 g/mol. The molecule has 1 aliphatic heterocycles. The van der Waals surface area contributed by atoms with E-state index >= 15 is 0 Å². The quantitative estimate of drug-likeness (QED) is 0.315. The molecule has 0 aliphatic carbocycles. The van der Waals surface area contributed by atoms with Crippen LogP contribution >= 0.6 is 24.0 Å². The average molecular weight is 538 g/mol. The highest BCUT2D eigenvalue weighted by Gasteiger charge is 2.28. The number of halogens is 1. The predicted molar refractivity (Wildman–Crippen MR) is 129 cm³/mol. The Morgan fingerprint density at radius 2 is 1.90 bits per heavy atom. The molecule has 1 heterocycles. The van der Waals surface area contributed by atoms with E-state index in [-0.39, 0.29) is 29.5 Å². The van der Waals surface area contributed by atoms with E-state index in [1.54, 1.807) is 6.07 Å². The van der Waals surface area contributed by atoms with Crippen molar-refractivity contribution >= 4 is 39.8 Å². The molecule has 0 saturated carbocycles. The van der Waals surface area contributed by atoms with Gasteiger partial charge in [-0.15, -0.1) is 24.0 Å². The molecule has 0 atom stereocenters. The largest absolute Gasteiger partial charge is 0.379 e. The van der Waals surface area contributed by atoms with Crippen LogP contribution in [-0.4, -0.2) is 70.5 Å². The number of sulfone groups is 1. The zero-order valence-electron chi connectivity index (χ0n) is 18.1. The first-order valence-corrected chi connectivity index (χ1v) is 11.7. The van der Waals surface area contributed by atoms with E-state index in [1.807, 2.05) is 26.0 Å². The summed E-state index contributed by atoms with van der Waals surface area (Å²) in [5.74, 6) is 0.758. The van der Waals surface area contributed by atoms with Gasteiger partial charge in [0.15, 0.2) is 15.8 Å². The number of aliphatic imine (C=N–C) groups is 1. The van der Waals surface area contributed by atoms with E-state index in [1.165, 1.54) is 6.26 Å². The van der Waals surface area contributed by atoms with Gasteiger partial charge in [0, 0.05) is 38.0 Å². The first kappa shape index (κ1) is 26.1. The Labute approximate surface area is 192 Å². The van der Waals surface area contributed by atoms with Gasteiger partial charge in [0.05, 0.1) is 24.7 Å². The molecule has 1 saturated heterocycles. The molecule has 0 amide bonds. The number of nitrogens with one attached hydrogen (secondary N) is 2. The van der Waals surface area contributed by atoms with Crippen LogP contribution in [0.15, 0.2) is 28.1 Å². The van der Waals surface area contributed by atoms with E-state index in [0.29, 0.717) is 11.4 Å². The molecule has 7 nitrogen and oxygen atoms in total. The zero-order valence-corrected chi connectivity index (χ0v) is 21.3. The molecule has 0 aromatic heterocycles. The number of ether oxygens (including phenoxy) is 1. The summed E-state index contributed by atoms with van der Waals surface area (Å²) >= 11 is 0. The van der Waals surface area contributed by atoms with Crippen molar-refractivity contribution in [1.82, 2.24) is 15.5 Å². The van der Waals surface area contributed by atoms with Gasteiger partial charge in [0.1, 0.15) is 0 Å². The molecule has 0 radical (unpaired) electrons. The Kier molecular flexibility index (Phi) is 10.3. The first-order valence-electron chi connectivity index (χ1n) is 9.78. The van der Waals surface area contributed by atoms with Crippen molar-refractivity contribution in [2.45, 2.75) is 44.7 Å². The number of nitrogens with zero attached hydrogens (tertiary/aromatic N) is 2. The smallest absolute Gasteiger partial charge is 0.191 e. The first-order chi connectivity index (χ1) is 13.1. The zero-order chi connectivity index (χ0) is 20.8. The maximum atomic E-state index is 11.8. The second kappa shape index (κ2) is 11.5. The summed E-state index contributed by atoms with van der Waals surface area (Å²) in [7, 11) is -3.20. The monoisotopic (exact) mass is 538 g/mol. The second-order valence-corrected chi connectivity index (χ2v) is 9.82. The van der Waals surface area contributed by atoms with E-state index in [4.69, 9.17) is 4.74 Å². The third-order valence-electron chi connectivity index (χ3n) is 4.96. The molecule has 1 aromatic carbocycles. The Morgan fingerprint density at radius 1 is 1.24 bits per heavy atom. The second-order valence-electron chi connectivity index (χ2n) is 7.83. The lowest BCUT2D eigenvalue weighted by Crippen LogP contribution is -2.56. The fourth-order valence-electron chi connectivity index (χ4n) is 3.32. The van der Waals surface area contributed by atoms with Crippen molar-refractivity contribution in [2.75, 3.05) is 45.6 Å². The van der Waals surface area contributed by atoms with E-state index < -0.39 is 9.84 Å². The molecule has 0 unspecified atom stereocenters. The standard InChI is InChI=1S/C20H34N4O3S.HI/c1-6-21-19(23-15-20(3,4)24-9-11-27-12-10-24)22-14-17-7-8-18(16(2)13-17)28(5,25)26;/h7-8,13H,6,9-12,14-15H2,1-5H3,(H2,21,22,23);1H. The summed E-state index contributed by atoms with van der Waals surface area (Å²) < 4.78 is 29.0. The molecule has 29 heavy (non-hydrogen) atoms. The minimum Gasteiger partial charge on any atom is -0.379 e. The van der Waals surface area contributed by atoms with Crippen molar-refractivity contribution < 1.29 is 13.2 Å². The number of morpholine rings is 1. The van der Waals surface area contributed by atoms with Crippen LogP contribution in [0.2, 0.25) is 0 Å². The molecule has 2 rings (SSSR count). The third-order valence-corrected chi connectivity index (χ3v) is 6.22. The van der Waals surface area contributed by atoms with Crippen molar-refractivity contribution in [3.8, 4) is 0 Å². The third kappa shape index (κ3) is 8.03. The van der Waals surface area contributed by atoms with Crippen LogP contribution in [0.5, 0.6) is 0 Å². The van der Waals surface area contributed by atoms with Gasteiger partial charge in [-0.05, 0) is 44.9 Å². The molecule has 9 heteroatoms. The van der Waals surface area contributed by atoms with Crippen molar-refractivity contribution in [2.24, 2.45) is 4.99 Å². The van der Waals surface area contributed by atoms with Gasteiger partial charge >= 0.3 is 0 Å². The number of hydrogen-bond donors (Lipinski definition) is 2. The Balaban J connectivity index is 0.00000420. The number of guanidine groups is 1. The van der Waals surface area contributed by atoms with Crippen molar-refractivity contribution in [1.29, 1.82) is 0 Å². The van der Waals surface area contributed by atoms with E-state index in [2.05, 4.69) is 34.4 Å². The maximum Gasteiger partial charge on any atom is 0.191 e. The van der Waals surface area contributed by atoms with Gasteiger partial charge in [-0.1, -0.05) is 12.1 Å². The lowest BCUT2D eigenvalue weighted by Gasteiger charge is -2.41. The van der Waals surface area contributed by atoms with Crippen LogP contribution in [0.3, 0.4) is 0 Å². The molecule has 0 bridgehead atoms. The molecule has 166 valence electrons. The van der Waals surface area contributed by atoms with Crippen molar-refractivity contribution in [3.63, 3.8) is 0 Å². The Bertz CT molecular complexity index is 791. The molecule has 1 aliphatic rings. The van der Waals surface area contributed by atoms with Crippen LogP contribution in [0, 0.1) is 6.92 Å². The van der Waals surface area contributed by atoms with Gasteiger partial charge in [0.25, 0.3) is 0 Å². The maximum absolute atomic E-state index is 11.8. The summed E-state index contributed by atoms with van der Waals surface area (Å²) in [5.41, 5.74) is 1.73. The summed E-state index contributed by atoms with van der Waals surface area (Å²) in [6.07, 6.45) is 1.23. The van der Waals surface area contributed by atoms with Gasteiger partial charge in [-0.2, -0.15) is 0 Å². The van der Waals surface area contributed by atoms with E-state index in [0.717, 1.165) is 56.5 Å². The molecule has 0 spiro atoms. The fourth-order valence-corrected chi connectivity index (χ4v) is 4.28. The SMILES string of the molecule is CCNC(=NCc1ccc(S(C)(=O)=O)c(C)c1)NCC(C)(C)N1CCOCC1.I. The van der Waals surface area contributed by atoms with Gasteiger partial charge in [-0.25, -0.2) is 13.4 Å². The predicted octanol–water partition coefficient (Wildman–Crippen LogP) is 2.18. The number of rotatable bonds is 7. The van der Waals surface area contributed by atoms with Gasteiger partial charge in [0.2, 0.25) is 0 Å². The molecule has 1 fully saturated rings. The van der Waals surface area contributed by atoms with Gasteiger partial charge < -0.3 is 15.4 Å². The van der Waals surface area contributed by atoms with Crippen molar-refractivity contribution in [3.05, 3.63) is 29.3 Å². The Hall–Kier alpha value is -0.910. The van der Waals surface area contributed by atoms with Crippen LogP contribution < -0.4 is 10.6 Å². The topological polar surface area (TPSA) is 83.0 Å². The van der Waals surface area contributed by atoms with Crippen LogP contribution in [-0.2, 0) is 21.1 Å². The molecule has 2 N–H and O–H groups in total.